The second-order valence-corrected chi connectivity index (χ2v) is 8.04. The van der Waals surface area contributed by atoms with Gasteiger partial charge in [-0.25, -0.2) is 0 Å². The van der Waals surface area contributed by atoms with Gasteiger partial charge < -0.3 is 19.7 Å². The van der Waals surface area contributed by atoms with E-state index in [1.165, 1.54) is 0 Å². The first-order valence-corrected chi connectivity index (χ1v) is 10.8. The van der Waals surface area contributed by atoms with Gasteiger partial charge in [0.1, 0.15) is 11.5 Å². The van der Waals surface area contributed by atoms with E-state index in [0.29, 0.717) is 16.5 Å². The van der Waals surface area contributed by atoms with Gasteiger partial charge in [0.15, 0.2) is 5.82 Å². The molecule has 0 atom stereocenters. The summed E-state index contributed by atoms with van der Waals surface area (Å²) >= 11 is 6.06. The highest BCUT2D eigenvalue weighted by molar-refractivity contribution is 6.31. The predicted molar refractivity (Wildman–Crippen MR) is 126 cm³/mol. The van der Waals surface area contributed by atoms with Gasteiger partial charge in [-0.2, -0.15) is 0 Å². The Hall–Kier alpha value is -3.32. The quantitative estimate of drug-likeness (QED) is 0.585. The molecule has 0 saturated carbocycles. The van der Waals surface area contributed by atoms with Crippen LogP contribution in [0.3, 0.4) is 0 Å². The fourth-order valence-electron chi connectivity index (χ4n) is 3.79. The van der Waals surface area contributed by atoms with Crippen molar-refractivity contribution in [3.05, 3.63) is 59.6 Å². The molecule has 1 amide bonds. The molecule has 0 bridgehead atoms. The molecule has 166 valence electrons. The van der Waals surface area contributed by atoms with Gasteiger partial charge in [-0.05, 0) is 67.4 Å². The molecule has 0 unspecified atom stereocenters. The molecule has 2 aromatic carbocycles. The van der Waals surface area contributed by atoms with Crippen LogP contribution in [0, 0.1) is 5.92 Å². The number of anilines is 2. The molecule has 1 aliphatic heterocycles. The molecule has 0 spiro atoms. The maximum atomic E-state index is 12.8. The van der Waals surface area contributed by atoms with E-state index in [9.17, 15) is 4.79 Å². The van der Waals surface area contributed by atoms with Gasteiger partial charge in [0, 0.05) is 29.6 Å². The van der Waals surface area contributed by atoms with E-state index in [-0.39, 0.29) is 11.8 Å². The molecule has 1 N–H and O–H groups in total. The van der Waals surface area contributed by atoms with Crippen LogP contribution in [0.1, 0.15) is 12.8 Å². The molecule has 7 nitrogen and oxygen atoms in total. The van der Waals surface area contributed by atoms with Gasteiger partial charge in [-0.3, -0.25) is 4.79 Å². The minimum absolute atomic E-state index is 0.0221. The molecule has 1 aromatic heterocycles. The Morgan fingerprint density at radius 2 is 1.75 bits per heavy atom. The van der Waals surface area contributed by atoms with E-state index < -0.39 is 0 Å². The van der Waals surface area contributed by atoms with Gasteiger partial charge in [0.2, 0.25) is 5.91 Å². The summed E-state index contributed by atoms with van der Waals surface area (Å²) in [6.45, 7) is 1.47. The molecular formula is C24H25ClN4O3. The Morgan fingerprint density at radius 3 is 2.38 bits per heavy atom. The summed E-state index contributed by atoms with van der Waals surface area (Å²) in [7, 11) is 3.21. The molecule has 1 fully saturated rings. The van der Waals surface area contributed by atoms with Crippen LogP contribution in [0.4, 0.5) is 11.5 Å². The van der Waals surface area contributed by atoms with Crippen molar-refractivity contribution in [3.63, 3.8) is 0 Å². The number of aromatic nitrogens is 2. The van der Waals surface area contributed by atoms with Crippen LogP contribution < -0.4 is 19.7 Å². The van der Waals surface area contributed by atoms with Crippen molar-refractivity contribution in [2.75, 3.05) is 37.5 Å². The lowest BCUT2D eigenvalue weighted by molar-refractivity contribution is -0.120. The van der Waals surface area contributed by atoms with Crippen molar-refractivity contribution in [1.29, 1.82) is 0 Å². The Kier molecular flexibility index (Phi) is 6.75. The van der Waals surface area contributed by atoms with Gasteiger partial charge in [-0.1, -0.05) is 11.6 Å². The molecule has 1 aliphatic rings. The fourth-order valence-corrected chi connectivity index (χ4v) is 3.97. The van der Waals surface area contributed by atoms with Crippen molar-refractivity contribution in [2.24, 2.45) is 5.92 Å². The zero-order valence-corrected chi connectivity index (χ0v) is 18.8. The maximum Gasteiger partial charge on any atom is 0.227 e. The Morgan fingerprint density at radius 1 is 1.00 bits per heavy atom. The summed E-state index contributed by atoms with van der Waals surface area (Å²) in [5.41, 5.74) is 2.38. The normalized spacial score (nSPS) is 14.2. The third-order valence-electron chi connectivity index (χ3n) is 5.65. The summed E-state index contributed by atoms with van der Waals surface area (Å²) in [6, 6.07) is 16.8. The minimum Gasteiger partial charge on any atom is -0.497 e. The number of nitrogens with one attached hydrogen (secondary N) is 1. The smallest absolute Gasteiger partial charge is 0.227 e. The zero-order chi connectivity index (χ0) is 22.5. The number of nitrogens with zero attached hydrogens (tertiary/aromatic N) is 3. The number of hydrogen-bond donors (Lipinski definition) is 1. The average molecular weight is 453 g/mol. The van der Waals surface area contributed by atoms with Crippen molar-refractivity contribution in [1.82, 2.24) is 10.2 Å². The third kappa shape index (κ3) is 4.94. The minimum atomic E-state index is -0.0820. The van der Waals surface area contributed by atoms with Crippen molar-refractivity contribution in [3.8, 4) is 22.8 Å². The summed E-state index contributed by atoms with van der Waals surface area (Å²) in [6.07, 6.45) is 1.47. The standard InChI is InChI=1S/C24H25ClN4O3/c1-31-19-6-3-16(4-7-19)20-8-10-23(28-27-20)29-13-11-17(12-14-29)24(30)26-21-15-18(25)5-9-22(21)32-2/h3-10,15,17H,11-14H2,1-2H3,(H,26,30). The molecular weight excluding hydrogens is 428 g/mol. The second kappa shape index (κ2) is 9.87. The van der Waals surface area contributed by atoms with Gasteiger partial charge in [0.05, 0.1) is 25.6 Å². The Labute approximate surface area is 192 Å². The van der Waals surface area contributed by atoms with E-state index in [1.807, 2.05) is 36.4 Å². The summed E-state index contributed by atoms with van der Waals surface area (Å²) in [4.78, 5) is 14.9. The van der Waals surface area contributed by atoms with Gasteiger partial charge in [-0.15, -0.1) is 10.2 Å². The van der Waals surface area contributed by atoms with E-state index in [1.54, 1.807) is 32.4 Å². The fraction of sp³-hybridized carbons (Fsp3) is 0.292. The van der Waals surface area contributed by atoms with E-state index in [2.05, 4.69) is 20.4 Å². The van der Waals surface area contributed by atoms with Gasteiger partial charge >= 0.3 is 0 Å². The van der Waals surface area contributed by atoms with Crippen LogP contribution in [-0.2, 0) is 4.79 Å². The molecule has 2 heterocycles. The predicted octanol–water partition coefficient (Wildman–Crippen LogP) is 4.67. The monoisotopic (exact) mass is 452 g/mol. The first kappa shape index (κ1) is 21.9. The van der Waals surface area contributed by atoms with Crippen LogP contribution in [-0.4, -0.2) is 43.4 Å². The lowest BCUT2D eigenvalue weighted by Crippen LogP contribution is -2.38. The first-order valence-electron chi connectivity index (χ1n) is 10.4. The molecule has 32 heavy (non-hydrogen) atoms. The zero-order valence-electron chi connectivity index (χ0n) is 18.0. The molecule has 3 aromatic rings. The van der Waals surface area contributed by atoms with Crippen LogP contribution >= 0.6 is 11.6 Å². The molecule has 0 radical (unpaired) electrons. The molecule has 1 saturated heterocycles. The highest BCUT2D eigenvalue weighted by Gasteiger charge is 2.26. The molecule has 0 aliphatic carbocycles. The number of benzene rings is 2. The van der Waals surface area contributed by atoms with E-state index in [0.717, 1.165) is 48.8 Å². The maximum absolute atomic E-state index is 12.8. The lowest BCUT2D eigenvalue weighted by atomic mass is 9.95. The number of methoxy groups -OCH3 is 2. The first-order chi connectivity index (χ1) is 15.6. The van der Waals surface area contributed by atoms with Gasteiger partial charge in [0.25, 0.3) is 0 Å². The number of carbonyl (C=O) groups excluding carboxylic acids is 1. The number of carbonyl (C=O) groups is 1. The summed E-state index contributed by atoms with van der Waals surface area (Å²) in [5.74, 6) is 2.11. The topological polar surface area (TPSA) is 76.6 Å². The number of amides is 1. The Bertz CT molecular complexity index is 1070. The molecule has 8 heteroatoms. The van der Waals surface area contributed by atoms with Crippen molar-refractivity contribution < 1.29 is 14.3 Å². The SMILES string of the molecule is COc1ccc(-c2ccc(N3CCC(C(=O)Nc4cc(Cl)ccc4OC)CC3)nn2)cc1. The number of hydrogen-bond acceptors (Lipinski definition) is 6. The van der Waals surface area contributed by atoms with E-state index >= 15 is 0 Å². The van der Waals surface area contributed by atoms with Crippen LogP contribution in [0.2, 0.25) is 5.02 Å². The van der Waals surface area contributed by atoms with Crippen LogP contribution in [0.5, 0.6) is 11.5 Å². The number of rotatable bonds is 6. The van der Waals surface area contributed by atoms with Crippen LogP contribution in [0.15, 0.2) is 54.6 Å². The Balaban J connectivity index is 1.35. The number of ether oxygens (including phenoxy) is 2. The third-order valence-corrected chi connectivity index (χ3v) is 5.88. The largest absolute Gasteiger partial charge is 0.497 e. The lowest BCUT2D eigenvalue weighted by Gasteiger charge is -2.32. The molecule has 4 rings (SSSR count). The highest BCUT2D eigenvalue weighted by Crippen LogP contribution is 2.30. The number of piperidine rings is 1. The summed E-state index contributed by atoms with van der Waals surface area (Å²) in [5, 5.41) is 12.3. The highest BCUT2D eigenvalue weighted by atomic mass is 35.5. The van der Waals surface area contributed by atoms with Crippen LogP contribution in [0.25, 0.3) is 11.3 Å². The van der Waals surface area contributed by atoms with Crippen molar-refractivity contribution in [2.45, 2.75) is 12.8 Å². The second-order valence-electron chi connectivity index (χ2n) is 7.60. The van der Waals surface area contributed by atoms with E-state index in [4.69, 9.17) is 21.1 Å². The average Bonchev–Trinajstić information content (AvgIpc) is 2.84. The van der Waals surface area contributed by atoms with Crippen molar-refractivity contribution >= 4 is 29.0 Å². The number of halogens is 1. The summed E-state index contributed by atoms with van der Waals surface area (Å²) < 4.78 is 10.5.